The molecule has 0 bridgehead atoms. The van der Waals surface area contributed by atoms with Crippen LogP contribution in [0.2, 0.25) is 10.0 Å². The molecule has 0 spiro atoms. The molecule has 158 valence electrons. The zero-order chi connectivity index (χ0) is 20.5. The number of rotatable bonds is 6. The Balaban J connectivity index is 1.04. The van der Waals surface area contributed by atoms with E-state index in [2.05, 4.69) is 26.2 Å². The normalized spacial score (nSPS) is 22.3. The lowest BCUT2D eigenvalue weighted by Gasteiger charge is -2.39. The second-order valence-electron chi connectivity index (χ2n) is 8.36. The van der Waals surface area contributed by atoms with Crippen LogP contribution in [0, 0.1) is 5.92 Å². The predicted molar refractivity (Wildman–Crippen MR) is 124 cm³/mol. The van der Waals surface area contributed by atoms with E-state index in [1.807, 2.05) is 36.4 Å². The summed E-state index contributed by atoms with van der Waals surface area (Å²) in [4.78, 5) is 9.42. The monoisotopic (exact) mass is 444 g/mol. The molecule has 5 rings (SSSR count). The smallest absolute Gasteiger partial charge is 0.295 e. The minimum absolute atomic E-state index is 0.477. The van der Waals surface area contributed by atoms with Crippen molar-refractivity contribution in [3.8, 4) is 0 Å². The number of oxazole rings is 1. The van der Waals surface area contributed by atoms with Gasteiger partial charge in [0.1, 0.15) is 5.52 Å². The molecule has 2 aromatic carbocycles. The number of hydrogen-bond acceptors (Lipinski definition) is 5. The molecule has 0 radical (unpaired) electrons. The van der Waals surface area contributed by atoms with E-state index in [9.17, 15) is 0 Å². The fourth-order valence-corrected chi connectivity index (χ4v) is 4.93. The molecule has 0 atom stereocenters. The summed E-state index contributed by atoms with van der Waals surface area (Å²) in [6.45, 7) is 5.29. The van der Waals surface area contributed by atoms with Crippen LogP contribution in [0.15, 0.2) is 46.9 Å². The molecule has 1 aliphatic carbocycles. The summed E-state index contributed by atoms with van der Waals surface area (Å²) in [7, 11) is 0. The maximum Gasteiger partial charge on any atom is 0.295 e. The Morgan fingerprint density at radius 2 is 1.80 bits per heavy atom. The van der Waals surface area contributed by atoms with E-state index in [4.69, 9.17) is 27.6 Å². The number of piperazine rings is 1. The lowest BCUT2D eigenvalue weighted by molar-refractivity contribution is 0.195. The minimum atomic E-state index is 0.477. The van der Waals surface area contributed by atoms with Crippen molar-refractivity contribution in [2.24, 2.45) is 5.92 Å². The van der Waals surface area contributed by atoms with Gasteiger partial charge in [-0.3, -0.25) is 4.90 Å². The number of halogens is 2. The number of nitrogens with one attached hydrogen (secondary N) is 1. The summed E-state index contributed by atoms with van der Waals surface area (Å²) < 4.78 is 5.77. The van der Waals surface area contributed by atoms with Gasteiger partial charge < -0.3 is 14.6 Å². The molecular weight excluding hydrogens is 419 g/mol. The van der Waals surface area contributed by atoms with Gasteiger partial charge in [-0.15, -0.1) is 0 Å². The average Bonchev–Trinajstić information content (AvgIpc) is 3.15. The van der Waals surface area contributed by atoms with E-state index in [1.54, 1.807) is 0 Å². The van der Waals surface area contributed by atoms with Crippen molar-refractivity contribution in [2.45, 2.75) is 25.3 Å². The van der Waals surface area contributed by atoms with Gasteiger partial charge in [0.25, 0.3) is 6.01 Å². The molecule has 2 heterocycles. The fraction of sp³-hybridized carbons (Fsp3) is 0.435. The van der Waals surface area contributed by atoms with Crippen LogP contribution in [-0.2, 0) is 0 Å². The Morgan fingerprint density at radius 1 is 1.00 bits per heavy atom. The van der Waals surface area contributed by atoms with Crippen LogP contribution in [0.5, 0.6) is 0 Å². The van der Waals surface area contributed by atoms with Crippen LogP contribution in [0.25, 0.3) is 11.1 Å². The number of aromatic nitrogens is 1. The molecule has 1 aliphatic heterocycles. The molecular formula is C23H26Cl2N4O. The third-order valence-corrected chi connectivity index (χ3v) is 7.16. The Hall–Kier alpha value is -1.95. The van der Waals surface area contributed by atoms with Crippen molar-refractivity contribution in [1.29, 1.82) is 0 Å². The van der Waals surface area contributed by atoms with Crippen LogP contribution in [0.1, 0.15) is 19.3 Å². The highest BCUT2D eigenvalue weighted by molar-refractivity contribution is 6.43. The van der Waals surface area contributed by atoms with E-state index in [-0.39, 0.29) is 0 Å². The first-order chi connectivity index (χ1) is 14.7. The highest BCUT2D eigenvalue weighted by Gasteiger charge is 2.30. The Bertz CT molecular complexity index is 976. The zero-order valence-corrected chi connectivity index (χ0v) is 18.4. The maximum atomic E-state index is 6.38. The number of benzene rings is 2. The van der Waals surface area contributed by atoms with Gasteiger partial charge in [0.15, 0.2) is 5.58 Å². The first-order valence-electron chi connectivity index (χ1n) is 10.7. The standard InChI is InChI=1S/C23H26Cl2N4O/c24-18-4-3-6-20(22(18)25)29-12-10-28(11-13-29)9-8-16-14-17(15-16)26-23-27-19-5-1-2-7-21(19)30-23/h1-7,16-17H,8-15H2,(H,26,27). The third-order valence-electron chi connectivity index (χ3n) is 6.35. The van der Waals surface area contributed by atoms with Crippen LogP contribution in [-0.4, -0.2) is 48.6 Å². The molecule has 1 N–H and O–H groups in total. The number of hydrogen-bond donors (Lipinski definition) is 1. The summed E-state index contributed by atoms with van der Waals surface area (Å²) >= 11 is 12.6. The van der Waals surface area contributed by atoms with E-state index in [0.717, 1.165) is 55.4 Å². The number of fused-ring (bicyclic) bond motifs is 1. The van der Waals surface area contributed by atoms with Gasteiger partial charge in [0.2, 0.25) is 0 Å². The third kappa shape index (κ3) is 4.25. The summed E-state index contributed by atoms with van der Waals surface area (Å²) in [5, 5.41) is 4.74. The summed E-state index contributed by atoms with van der Waals surface area (Å²) in [5.74, 6) is 0.785. The van der Waals surface area contributed by atoms with Gasteiger partial charge in [-0.25, -0.2) is 0 Å². The Morgan fingerprint density at radius 3 is 2.60 bits per heavy atom. The topological polar surface area (TPSA) is 44.5 Å². The van der Waals surface area contributed by atoms with Crippen LogP contribution in [0.3, 0.4) is 0 Å². The van der Waals surface area contributed by atoms with Crippen molar-refractivity contribution in [3.05, 3.63) is 52.5 Å². The van der Waals surface area contributed by atoms with Crippen molar-refractivity contribution in [2.75, 3.05) is 42.9 Å². The first kappa shape index (κ1) is 20.0. The number of para-hydroxylation sites is 2. The second-order valence-corrected chi connectivity index (χ2v) is 9.14. The minimum Gasteiger partial charge on any atom is -0.424 e. The molecule has 7 heteroatoms. The van der Waals surface area contributed by atoms with Crippen LogP contribution < -0.4 is 10.2 Å². The van der Waals surface area contributed by atoms with E-state index < -0.39 is 0 Å². The van der Waals surface area contributed by atoms with Crippen molar-refractivity contribution in [1.82, 2.24) is 9.88 Å². The molecule has 2 aliphatic rings. The highest BCUT2D eigenvalue weighted by Crippen LogP contribution is 2.35. The number of anilines is 2. The van der Waals surface area contributed by atoms with Gasteiger partial charge in [-0.1, -0.05) is 41.4 Å². The molecule has 30 heavy (non-hydrogen) atoms. The van der Waals surface area contributed by atoms with Gasteiger partial charge in [0, 0.05) is 32.2 Å². The van der Waals surface area contributed by atoms with Crippen molar-refractivity contribution in [3.63, 3.8) is 0 Å². The molecule has 2 fully saturated rings. The SMILES string of the molecule is Clc1cccc(N2CCN(CCC3CC(Nc4nc5ccccc5o4)C3)CC2)c1Cl. The summed E-state index contributed by atoms with van der Waals surface area (Å²) in [6.07, 6.45) is 3.64. The fourth-order valence-electron chi connectivity index (χ4n) is 4.51. The number of nitrogens with zero attached hydrogens (tertiary/aromatic N) is 3. The molecule has 1 aromatic heterocycles. The van der Waals surface area contributed by atoms with Crippen molar-refractivity contribution < 1.29 is 4.42 Å². The molecule has 0 amide bonds. The van der Waals surface area contributed by atoms with E-state index >= 15 is 0 Å². The first-order valence-corrected chi connectivity index (χ1v) is 11.4. The molecule has 1 saturated heterocycles. The Labute approximate surface area is 186 Å². The molecule has 1 saturated carbocycles. The van der Waals surface area contributed by atoms with Gasteiger partial charge >= 0.3 is 0 Å². The van der Waals surface area contributed by atoms with E-state index in [1.165, 1.54) is 19.3 Å². The van der Waals surface area contributed by atoms with Crippen molar-refractivity contribution >= 4 is 46.0 Å². The van der Waals surface area contributed by atoms with Gasteiger partial charge in [-0.05, 0) is 56.0 Å². The maximum absolute atomic E-state index is 6.38. The summed E-state index contributed by atoms with van der Waals surface area (Å²) in [5.41, 5.74) is 2.80. The predicted octanol–water partition coefficient (Wildman–Crippen LogP) is 5.54. The van der Waals surface area contributed by atoms with Crippen LogP contribution >= 0.6 is 23.2 Å². The zero-order valence-electron chi connectivity index (χ0n) is 16.9. The quantitative estimate of drug-likeness (QED) is 0.540. The molecule has 0 unspecified atom stereocenters. The van der Waals surface area contributed by atoms with E-state index in [0.29, 0.717) is 22.1 Å². The molecule has 5 nitrogen and oxygen atoms in total. The summed E-state index contributed by atoms with van der Waals surface area (Å²) in [6, 6.07) is 14.9. The van der Waals surface area contributed by atoms with Crippen LogP contribution in [0.4, 0.5) is 11.7 Å². The molecule has 3 aromatic rings. The second kappa shape index (κ2) is 8.66. The Kier molecular flexibility index (Phi) is 5.77. The van der Waals surface area contributed by atoms with Gasteiger partial charge in [-0.2, -0.15) is 4.98 Å². The van der Waals surface area contributed by atoms with Gasteiger partial charge in [0.05, 0.1) is 15.7 Å². The average molecular weight is 445 g/mol. The lowest BCUT2D eigenvalue weighted by atomic mass is 9.78. The lowest BCUT2D eigenvalue weighted by Crippen LogP contribution is -2.47. The largest absolute Gasteiger partial charge is 0.424 e. The highest BCUT2D eigenvalue weighted by atomic mass is 35.5.